The molecule has 7 nitrogen and oxygen atoms in total. The zero-order valence-corrected chi connectivity index (χ0v) is 23.3. The lowest BCUT2D eigenvalue weighted by Crippen LogP contribution is -2.42. The van der Waals surface area contributed by atoms with Gasteiger partial charge in [0.2, 0.25) is 0 Å². The second-order valence-corrected chi connectivity index (χ2v) is 11.6. The van der Waals surface area contributed by atoms with E-state index in [1.807, 2.05) is 24.5 Å². The van der Waals surface area contributed by atoms with E-state index in [0.717, 1.165) is 47.7 Å². The summed E-state index contributed by atoms with van der Waals surface area (Å²) in [7, 11) is 8.58. The zero-order chi connectivity index (χ0) is 25.9. The van der Waals surface area contributed by atoms with Crippen molar-refractivity contribution in [3.63, 3.8) is 0 Å². The summed E-state index contributed by atoms with van der Waals surface area (Å²) >= 11 is 1.83. The lowest BCUT2D eigenvalue weighted by molar-refractivity contribution is 0.249. The molecule has 3 aromatic heterocycles. The molecule has 0 spiro atoms. The van der Waals surface area contributed by atoms with Gasteiger partial charge in [0.25, 0.3) is 0 Å². The van der Waals surface area contributed by atoms with Crippen LogP contribution < -0.4 is 10.2 Å². The van der Waals surface area contributed by atoms with Gasteiger partial charge in [-0.3, -0.25) is 4.98 Å². The van der Waals surface area contributed by atoms with Crippen LogP contribution in [0.25, 0.3) is 21.3 Å². The molecular formula is C29H37N7S. The molecule has 1 aromatic carbocycles. The fraction of sp³-hybridized carbons (Fsp3) is 0.414. The summed E-state index contributed by atoms with van der Waals surface area (Å²) in [6, 6.07) is 16.0. The van der Waals surface area contributed by atoms with Gasteiger partial charge in [-0.1, -0.05) is 24.3 Å². The number of fused-ring (bicyclic) bond motifs is 1. The van der Waals surface area contributed by atoms with Crippen molar-refractivity contribution in [3.05, 3.63) is 64.8 Å². The molecule has 194 valence electrons. The Balaban J connectivity index is 1.34. The van der Waals surface area contributed by atoms with Crippen LogP contribution >= 0.6 is 11.3 Å². The third-order valence-electron chi connectivity index (χ3n) is 7.19. The Kier molecular flexibility index (Phi) is 7.69. The number of hydrogen-bond donors (Lipinski definition) is 1. The fourth-order valence-electron chi connectivity index (χ4n) is 5.12. The molecule has 0 bridgehead atoms. The van der Waals surface area contributed by atoms with Crippen LogP contribution in [-0.4, -0.2) is 72.3 Å². The number of aromatic nitrogens is 3. The molecule has 1 N–H and O–H groups in total. The lowest BCUT2D eigenvalue weighted by atomic mass is 10.0. The van der Waals surface area contributed by atoms with E-state index in [4.69, 9.17) is 4.98 Å². The molecule has 1 fully saturated rings. The number of anilines is 2. The molecule has 4 heterocycles. The molecule has 4 aromatic rings. The molecule has 1 saturated heterocycles. The van der Waals surface area contributed by atoms with Crippen molar-refractivity contribution in [3.8, 4) is 10.4 Å². The summed E-state index contributed by atoms with van der Waals surface area (Å²) in [5, 5.41) is 13.5. The van der Waals surface area contributed by atoms with Crippen LogP contribution in [0.1, 0.15) is 29.0 Å². The summed E-state index contributed by atoms with van der Waals surface area (Å²) in [5.41, 5.74) is 5.58. The van der Waals surface area contributed by atoms with E-state index in [1.54, 1.807) is 0 Å². The molecule has 0 aliphatic carbocycles. The summed E-state index contributed by atoms with van der Waals surface area (Å²) in [6.07, 6.45) is 4.33. The lowest BCUT2D eigenvalue weighted by Gasteiger charge is -2.36. The first kappa shape index (κ1) is 25.6. The molecule has 1 aliphatic heterocycles. The zero-order valence-electron chi connectivity index (χ0n) is 22.5. The van der Waals surface area contributed by atoms with Crippen molar-refractivity contribution in [2.45, 2.75) is 38.9 Å². The molecule has 0 amide bonds. The molecule has 0 radical (unpaired) electrons. The van der Waals surface area contributed by atoms with Crippen molar-refractivity contribution in [2.75, 3.05) is 51.5 Å². The highest BCUT2D eigenvalue weighted by Crippen LogP contribution is 2.33. The quantitative estimate of drug-likeness (QED) is 0.343. The summed E-state index contributed by atoms with van der Waals surface area (Å²) in [4.78, 5) is 14.4. The Morgan fingerprint density at radius 2 is 1.81 bits per heavy atom. The second kappa shape index (κ2) is 11.1. The molecular weight excluding hydrogens is 478 g/mol. The summed E-state index contributed by atoms with van der Waals surface area (Å²) in [5.74, 6) is 0.793. The summed E-state index contributed by atoms with van der Waals surface area (Å²) in [6.45, 7) is 5.69. The van der Waals surface area contributed by atoms with E-state index in [9.17, 15) is 0 Å². The van der Waals surface area contributed by atoms with Gasteiger partial charge in [0.05, 0.1) is 29.6 Å². The van der Waals surface area contributed by atoms with Gasteiger partial charge in [0, 0.05) is 40.8 Å². The van der Waals surface area contributed by atoms with Crippen molar-refractivity contribution in [1.82, 2.24) is 25.0 Å². The highest BCUT2D eigenvalue weighted by Gasteiger charge is 2.22. The van der Waals surface area contributed by atoms with Gasteiger partial charge in [-0.05, 0) is 77.3 Å². The van der Waals surface area contributed by atoms with E-state index in [0.29, 0.717) is 12.6 Å². The van der Waals surface area contributed by atoms with Gasteiger partial charge < -0.3 is 20.0 Å². The van der Waals surface area contributed by atoms with Gasteiger partial charge in [-0.2, -0.15) is 5.10 Å². The monoisotopic (exact) mass is 515 g/mol. The number of thiophene rings is 1. The molecule has 0 unspecified atom stereocenters. The number of hydrogen-bond acceptors (Lipinski definition) is 8. The number of nitrogens with one attached hydrogen (secondary N) is 1. The van der Waals surface area contributed by atoms with Gasteiger partial charge in [0.1, 0.15) is 0 Å². The topological polar surface area (TPSA) is 60.4 Å². The first-order chi connectivity index (χ1) is 17.9. The van der Waals surface area contributed by atoms with Crippen LogP contribution in [0.4, 0.5) is 11.5 Å². The maximum Gasteiger partial charge on any atom is 0.158 e. The number of pyridine rings is 1. The number of rotatable bonds is 8. The van der Waals surface area contributed by atoms with Crippen LogP contribution in [0.15, 0.2) is 48.7 Å². The highest BCUT2D eigenvalue weighted by molar-refractivity contribution is 7.15. The highest BCUT2D eigenvalue weighted by atomic mass is 32.1. The van der Waals surface area contributed by atoms with Gasteiger partial charge in [-0.25, -0.2) is 0 Å². The minimum absolute atomic E-state index is 0.653. The van der Waals surface area contributed by atoms with Gasteiger partial charge in [0.15, 0.2) is 5.82 Å². The minimum atomic E-state index is 0.653. The predicted octanol–water partition coefficient (Wildman–Crippen LogP) is 5.27. The van der Waals surface area contributed by atoms with Gasteiger partial charge in [-0.15, -0.1) is 16.4 Å². The Hall–Kier alpha value is -3.07. The standard InChI is InChI=1S/C29H37N7S/c1-20-28-26(16-23(17-30-28)36-14-12-22(13-15-36)35(4)5)29(33-32-20)31-18-24-10-11-27(37-24)25-9-7-6-8-21(25)19-34(2)3/h6-11,16-17,22H,12-15,18-19H2,1-5H3,(H,31,33). The normalized spacial score (nSPS) is 14.7. The van der Waals surface area contributed by atoms with Crippen molar-refractivity contribution >= 4 is 33.7 Å². The Labute approximate surface area is 224 Å². The van der Waals surface area contributed by atoms with Crippen molar-refractivity contribution < 1.29 is 0 Å². The van der Waals surface area contributed by atoms with Crippen LogP contribution in [0.5, 0.6) is 0 Å². The van der Waals surface area contributed by atoms with Crippen LogP contribution in [-0.2, 0) is 13.1 Å². The number of piperidine rings is 1. The average molecular weight is 516 g/mol. The van der Waals surface area contributed by atoms with Crippen LogP contribution in [0.3, 0.4) is 0 Å². The molecule has 0 saturated carbocycles. The molecule has 8 heteroatoms. The largest absolute Gasteiger partial charge is 0.370 e. The van der Waals surface area contributed by atoms with Crippen molar-refractivity contribution in [2.24, 2.45) is 0 Å². The van der Waals surface area contributed by atoms with E-state index < -0.39 is 0 Å². The second-order valence-electron chi connectivity index (χ2n) is 10.4. The fourth-order valence-corrected chi connectivity index (χ4v) is 6.13. The third-order valence-corrected chi connectivity index (χ3v) is 8.31. The molecule has 0 atom stereocenters. The number of aryl methyl sites for hydroxylation is 1. The Morgan fingerprint density at radius 1 is 1.03 bits per heavy atom. The van der Waals surface area contributed by atoms with Crippen molar-refractivity contribution in [1.29, 1.82) is 0 Å². The maximum atomic E-state index is 4.81. The first-order valence-corrected chi connectivity index (χ1v) is 13.8. The summed E-state index contributed by atoms with van der Waals surface area (Å²) < 4.78 is 0. The van der Waals surface area contributed by atoms with E-state index >= 15 is 0 Å². The SMILES string of the molecule is Cc1nnc(NCc2ccc(-c3ccccc3CN(C)C)s2)c2cc(N3CCC(N(C)C)CC3)cnc12. The average Bonchev–Trinajstić information content (AvgIpc) is 3.37. The smallest absolute Gasteiger partial charge is 0.158 e. The third kappa shape index (κ3) is 5.76. The van der Waals surface area contributed by atoms with Crippen LogP contribution in [0, 0.1) is 6.92 Å². The number of nitrogens with zero attached hydrogens (tertiary/aromatic N) is 6. The molecule has 1 aliphatic rings. The molecule has 37 heavy (non-hydrogen) atoms. The number of benzene rings is 1. The van der Waals surface area contributed by atoms with Gasteiger partial charge >= 0.3 is 0 Å². The van der Waals surface area contributed by atoms with E-state index in [1.165, 1.54) is 33.7 Å². The van der Waals surface area contributed by atoms with E-state index in [2.05, 4.69) is 101 Å². The first-order valence-electron chi connectivity index (χ1n) is 13.0. The predicted molar refractivity (Wildman–Crippen MR) is 155 cm³/mol. The Morgan fingerprint density at radius 3 is 2.57 bits per heavy atom. The minimum Gasteiger partial charge on any atom is -0.370 e. The van der Waals surface area contributed by atoms with E-state index in [-0.39, 0.29) is 0 Å². The Bertz CT molecular complexity index is 1360. The molecule has 5 rings (SSSR count). The maximum absolute atomic E-state index is 4.81. The van der Waals surface area contributed by atoms with Crippen LogP contribution in [0.2, 0.25) is 0 Å².